The van der Waals surface area contributed by atoms with Crippen LogP contribution in [-0.2, 0) is 11.3 Å². The molecule has 0 bridgehead atoms. The van der Waals surface area contributed by atoms with Gasteiger partial charge in [-0.2, -0.15) is 0 Å². The van der Waals surface area contributed by atoms with Gasteiger partial charge in [0.05, 0.1) is 11.4 Å². The van der Waals surface area contributed by atoms with Gasteiger partial charge in [-0.3, -0.25) is 14.5 Å². The van der Waals surface area contributed by atoms with Crippen molar-refractivity contribution in [1.82, 2.24) is 4.90 Å². The lowest BCUT2D eigenvalue weighted by atomic mass is 10.1. The molecule has 0 aromatic heterocycles. The van der Waals surface area contributed by atoms with E-state index in [1.807, 2.05) is 0 Å². The Bertz CT molecular complexity index is 985. The third-order valence-corrected chi connectivity index (χ3v) is 5.03. The van der Waals surface area contributed by atoms with Crippen LogP contribution < -0.4 is 0 Å². The summed E-state index contributed by atoms with van der Waals surface area (Å²) in [6.45, 7) is 0.0121. The van der Waals surface area contributed by atoms with Crippen LogP contribution >= 0.6 is 35.0 Å². The lowest BCUT2D eigenvalue weighted by molar-refractivity contribution is -0.123. The van der Waals surface area contributed by atoms with Gasteiger partial charge in [0.25, 0.3) is 11.1 Å². The zero-order valence-corrected chi connectivity index (χ0v) is 15.8. The first-order valence-corrected chi connectivity index (χ1v) is 9.08. The smallest absolute Gasteiger partial charge is 0.339 e. The highest BCUT2D eigenvalue weighted by Gasteiger charge is 2.35. The number of hydrogen-bond donors (Lipinski definition) is 2. The summed E-state index contributed by atoms with van der Waals surface area (Å²) < 4.78 is 0. The molecule has 9 heteroatoms. The Morgan fingerprint density at radius 1 is 1.11 bits per heavy atom. The van der Waals surface area contributed by atoms with Gasteiger partial charge in [-0.05, 0) is 59.3 Å². The van der Waals surface area contributed by atoms with Crippen LogP contribution in [0.25, 0.3) is 6.08 Å². The number of carbonyl (C=O) groups excluding carboxylic acids is 2. The minimum atomic E-state index is -1.30. The maximum Gasteiger partial charge on any atom is 0.339 e. The van der Waals surface area contributed by atoms with E-state index in [0.29, 0.717) is 21.2 Å². The number of benzene rings is 2. The molecule has 0 spiro atoms. The van der Waals surface area contributed by atoms with E-state index >= 15 is 0 Å². The fraction of sp³-hybridized carbons (Fsp3) is 0.0556. The first-order chi connectivity index (χ1) is 12.7. The molecular formula is C18H11Cl2NO5S. The highest BCUT2D eigenvalue weighted by Crippen LogP contribution is 2.34. The summed E-state index contributed by atoms with van der Waals surface area (Å²) in [6.07, 6.45) is 1.40. The van der Waals surface area contributed by atoms with Crippen LogP contribution in [0.5, 0.6) is 5.75 Å². The predicted molar refractivity (Wildman–Crippen MR) is 103 cm³/mol. The molecule has 138 valence electrons. The average Bonchev–Trinajstić information content (AvgIpc) is 2.83. The molecular weight excluding hydrogens is 413 g/mol. The van der Waals surface area contributed by atoms with Crippen LogP contribution in [0.1, 0.15) is 21.5 Å². The molecule has 2 aromatic rings. The highest BCUT2D eigenvalue weighted by atomic mass is 35.5. The van der Waals surface area contributed by atoms with E-state index in [9.17, 15) is 19.5 Å². The van der Waals surface area contributed by atoms with Crippen molar-refractivity contribution in [1.29, 1.82) is 0 Å². The van der Waals surface area contributed by atoms with Crippen LogP contribution in [0, 0.1) is 0 Å². The number of aromatic hydroxyl groups is 1. The molecule has 1 aliphatic rings. The standard InChI is InChI=1S/C18H11Cl2NO5S/c19-11-3-10(4-12(20)7-11)8-21-16(23)15(27-18(21)26)6-9-1-2-14(22)13(5-9)17(24)25/h1-7,22H,8H2,(H,24,25)/b15-6-. The fourth-order valence-electron chi connectivity index (χ4n) is 2.49. The van der Waals surface area contributed by atoms with Crippen molar-refractivity contribution in [2.75, 3.05) is 0 Å². The van der Waals surface area contributed by atoms with Gasteiger partial charge in [0.1, 0.15) is 11.3 Å². The van der Waals surface area contributed by atoms with Crippen LogP contribution in [-0.4, -0.2) is 32.2 Å². The normalized spacial score (nSPS) is 15.6. The van der Waals surface area contributed by atoms with Gasteiger partial charge in [-0.25, -0.2) is 4.79 Å². The lowest BCUT2D eigenvalue weighted by Crippen LogP contribution is -2.27. The van der Waals surface area contributed by atoms with Crippen molar-refractivity contribution >= 4 is 58.2 Å². The number of imide groups is 1. The van der Waals surface area contributed by atoms with Crippen molar-refractivity contribution in [2.24, 2.45) is 0 Å². The molecule has 2 aromatic carbocycles. The van der Waals surface area contributed by atoms with Crippen LogP contribution in [0.2, 0.25) is 10.0 Å². The number of aromatic carboxylic acids is 1. The number of carbonyl (C=O) groups is 3. The largest absolute Gasteiger partial charge is 0.507 e. The zero-order chi connectivity index (χ0) is 19.7. The number of rotatable bonds is 4. The van der Waals surface area contributed by atoms with Gasteiger partial charge >= 0.3 is 5.97 Å². The molecule has 1 aliphatic heterocycles. The van der Waals surface area contributed by atoms with Crippen molar-refractivity contribution in [3.05, 3.63) is 68.0 Å². The Kier molecular flexibility index (Phi) is 5.46. The number of carboxylic acid groups (broad SMARTS) is 1. The molecule has 2 N–H and O–H groups in total. The topological polar surface area (TPSA) is 94.9 Å². The summed E-state index contributed by atoms with van der Waals surface area (Å²) in [6, 6.07) is 8.66. The van der Waals surface area contributed by atoms with E-state index in [1.165, 1.54) is 24.3 Å². The number of phenols is 1. The van der Waals surface area contributed by atoms with Crippen molar-refractivity contribution in [3.63, 3.8) is 0 Å². The summed E-state index contributed by atoms with van der Waals surface area (Å²) in [5.74, 6) is -2.19. The maximum atomic E-state index is 12.6. The summed E-state index contributed by atoms with van der Waals surface area (Å²) in [5.41, 5.74) is 0.687. The molecule has 1 heterocycles. The molecule has 1 saturated heterocycles. The molecule has 0 radical (unpaired) electrons. The lowest BCUT2D eigenvalue weighted by Gasteiger charge is -2.13. The number of halogens is 2. The third-order valence-electron chi connectivity index (χ3n) is 3.69. The summed E-state index contributed by atoms with van der Waals surface area (Å²) >= 11 is 12.6. The maximum absolute atomic E-state index is 12.6. The monoisotopic (exact) mass is 423 g/mol. The number of hydrogen-bond acceptors (Lipinski definition) is 5. The van der Waals surface area contributed by atoms with Crippen LogP contribution in [0.4, 0.5) is 4.79 Å². The van der Waals surface area contributed by atoms with E-state index in [-0.39, 0.29) is 22.8 Å². The number of nitrogens with zero attached hydrogens (tertiary/aromatic N) is 1. The molecule has 2 amide bonds. The van der Waals surface area contributed by atoms with E-state index in [4.69, 9.17) is 28.3 Å². The average molecular weight is 424 g/mol. The molecule has 0 unspecified atom stereocenters. The molecule has 0 aliphatic carbocycles. The summed E-state index contributed by atoms with van der Waals surface area (Å²) in [7, 11) is 0. The van der Waals surface area contributed by atoms with E-state index in [2.05, 4.69) is 0 Å². The quantitative estimate of drug-likeness (QED) is 0.695. The first kappa shape index (κ1) is 19.3. The Morgan fingerprint density at radius 3 is 2.41 bits per heavy atom. The Morgan fingerprint density at radius 2 is 1.78 bits per heavy atom. The number of thioether (sulfide) groups is 1. The van der Waals surface area contributed by atoms with Gasteiger partial charge in [0, 0.05) is 10.0 Å². The van der Waals surface area contributed by atoms with Crippen LogP contribution in [0.15, 0.2) is 41.3 Å². The highest BCUT2D eigenvalue weighted by molar-refractivity contribution is 8.18. The number of carboxylic acids is 1. The van der Waals surface area contributed by atoms with Crippen LogP contribution in [0.3, 0.4) is 0 Å². The van der Waals surface area contributed by atoms with Gasteiger partial charge in [-0.1, -0.05) is 29.3 Å². The minimum absolute atomic E-state index is 0.0121. The first-order valence-electron chi connectivity index (χ1n) is 7.51. The fourth-order valence-corrected chi connectivity index (χ4v) is 3.90. The zero-order valence-electron chi connectivity index (χ0n) is 13.5. The molecule has 0 saturated carbocycles. The second kappa shape index (κ2) is 7.64. The molecule has 1 fully saturated rings. The summed E-state index contributed by atoms with van der Waals surface area (Å²) in [4.78, 5) is 37.1. The van der Waals surface area contributed by atoms with Gasteiger partial charge in [-0.15, -0.1) is 0 Å². The molecule has 0 atom stereocenters. The molecule has 27 heavy (non-hydrogen) atoms. The summed E-state index contributed by atoms with van der Waals surface area (Å²) in [5, 5.41) is 18.9. The van der Waals surface area contributed by atoms with Crippen molar-refractivity contribution < 1.29 is 24.6 Å². The minimum Gasteiger partial charge on any atom is -0.507 e. The van der Waals surface area contributed by atoms with E-state index in [0.717, 1.165) is 16.7 Å². The van der Waals surface area contributed by atoms with E-state index in [1.54, 1.807) is 18.2 Å². The van der Waals surface area contributed by atoms with E-state index < -0.39 is 17.1 Å². The molecule has 3 rings (SSSR count). The third kappa shape index (κ3) is 4.27. The Labute approximate surface area is 168 Å². The Hall–Kier alpha value is -2.48. The molecule has 6 nitrogen and oxygen atoms in total. The second-order valence-corrected chi connectivity index (χ2v) is 7.49. The SMILES string of the molecule is O=C(O)c1cc(/C=C2\SC(=O)N(Cc3cc(Cl)cc(Cl)c3)C2=O)ccc1O. The predicted octanol–water partition coefficient (Wildman–Crippen LogP) is 4.63. The van der Waals surface area contributed by atoms with Gasteiger partial charge in [0.15, 0.2) is 0 Å². The van der Waals surface area contributed by atoms with Crippen molar-refractivity contribution in [2.45, 2.75) is 6.54 Å². The second-order valence-electron chi connectivity index (χ2n) is 5.63. The Balaban J connectivity index is 1.86. The van der Waals surface area contributed by atoms with Gasteiger partial charge < -0.3 is 10.2 Å². The van der Waals surface area contributed by atoms with Crippen molar-refractivity contribution in [3.8, 4) is 5.75 Å². The number of amides is 2. The van der Waals surface area contributed by atoms with Gasteiger partial charge in [0.2, 0.25) is 0 Å².